The highest BCUT2D eigenvalue weighted by Crippen LogP contribution is 2.25. The summed E-state index contributed by atoms with van der Waals surface area (Å²) in [6.45, 7) is 2.19. The van der Waals surface area contributed by atoms with E-state index in [2.05, 4.69) is 10.1 Å². The van der Waals surface area contributed by atoms with Crippen LogP contribution in [0.4, 0.5) is 4.39 Å². The molecular formula is C23H28ClFN2O5. The molecule has 32 heavy (non-hydrogen) atoms. The minimum Gasteiger partial charge on any atom is -0.497 e. The summed E-state index contributed by atoms with van der Waals surface area (Å²) in [5.74, 6) is 0.148. The van der Waals surface area contributed by atoms with E-state index in [1.807, 2.05) is 0 Å². The largest absolute Gasteiger partial charge is 0.497 e. The lowest BCUT2D eigenvalue weighted by molar-refractivity contribution is -0.150. The van der Waals surface area contributed by atoms with Gasteiger partial charge < -0.3 is 24.4 Å². The molecule has 0 bridgehead atoms. The lowest BCUT2D eigenvalue weighted by atomic mass is 10.0. The van der Waals surface area contributed by atoms with Crippen molar-refractivity contribution in [2.24, 2.45) is 0 Å². The van der Waals surface area contributed by atoms with Gasteiger partial charge in [0.25, 0.3) is 0 Å². The van der Waals surface area contributed by atoms with E-state index in [9.17, 15) is 14.0 Å². The number of ether oxygens (including phenoxy) is 3. The van der Waals surface area contributed by atoms with Crippen LogP contribution in [0, 0.1) is 5.82 Å². The lowest BCUT2D eigenvalue weighted by Gasteiger charge is -2.23. The molecule has 0 saturated heterocycles. The number of rotatable bonds is 11. The van der Waals surface area contributed by atoms with Gasteiger partial charge in [-0.1, -0.05) is 11.6 Å². The van der Waals surface area contributed by atoms with Crippen LogP contribution in [0.2, 0.25) is 5.02 Å². The first-order chi connectivity index (χ1) is 15.3. The maximum atomic E-state index is 13.9. The molecule has 0 aromatic heterocycles. The second-order valence-corrected chi connectivity index (χ2v) is 7.53. The molecule has 2 aromatic rings. The van der Waals surface area contributed by atoms with E-state index in [4.69, 9.17) is 21.1 Å². The topological polar surface area (TPSA) is 77.1 Å². The number of likely N-dealkylation sites (N-methyl/N-ethyl adjacent to an activating group) is 1. The fourth-order valence-electron chi connectivity index (χ4n) is 2.96. The van der Waals surface area contributed by atoms with Crippen LogP contribution < -0.4 is 14.8 Å². The number of nitrogens with one attached hydrogen (secondary N) is 1. The summed E-state index contributed by atoms with van der Waals surface area (Å²) < 4.78 is 29.5. The summed E-state index contributed by atoms with van der Waals surface area (Å²) in [5, 5.41) is 3.29. The van der Waals surface area contributed by atoms with Gasteiger partial charge in [0, 0.05) is 12.6 Å². The van der Waals surface area contributed by atoms with E-state index < -0.39 is 17.8 Å². The Bertz CT molecular complexity index is 923. The standard InChI is InChI=1S/C23H28ClFN2O5/c1-15(23(29)31-4)27(2)22(28)13-26-10-9-16-11-17(25)12-21(24)20(16)14-32-19-7-5-18(30-3)6-8-19/h5-8,11-12,15,26H,9-10,13-14H2,1-4H3/t15-/m0/s1. The third-order valence-corrected chi connectivity index (χ3v) is 5.40. The zero-order valence-corrected chi connectivity index (χ0v) is 19.4. The Labute approximate surface area is 192 Å². The molecule has 9 heteroatoms. The Morgan fingerprint density at radius 2 is 1.81 bits per heavy atom. The summed E-state index contributed by atoms with van der Waals surface area (Å²) in [5.41, 5.74) is 1.35. The zero-order valence-electron chi connectivity index (χ0n) is 18.6. The van der Waals surface area contributed by atoms with Crippen molar-refractivity contribution in [1.29, 1.82) is 0 Å². The van der Waals surface area contributed by atoms with Crippen LogP contribution in [0.15, 0.2) is 36.4 Å². The molecular weight excluding hydrogens is 439 g/mol. The fourth-order valence-corrected chi connectivity index (χ4v) is 3.24. The number of hydrogen-bond acceptors (Lipinski definition) is 6. The monoisotopic (exact) mass is 466 g/mol. The smallest absolute Gasteiger partial charge is 0.328 e. The van der Waals surface area contributed by atoms with Gasteiger partial charge in [-0.05, 0) is 61.9 Å². The molecule has 0 spiro atoms. The van der Waals surface area contributed by atoms with Crippen LogP contribution in [0.5, 0.6) is 11.5 Å². The van der Waals surface area contributed by atoms with Crippen LogP contribution in [0.1, 0.15) is 18.1 Å². The molecule has 2 aromatic carbocycles. The first-order valence-corrected chi connectivity index (χ1v) is 10.4. The van der Waals surface area contributed by atoms with E-state index in [1.54, 1.807) is 38.3 Å². The average Bonchev–Trinajstić information content (AvgIpc) is 2.79. The highest BCUT2D eigenvalue weighted by molar-refractivity contribution is 6.31. The zero-order chi connectivity index (χ0) is 23.7. The van der Waals surface area contributed by atoms with E-state index in [-0.39, 0.29) is 24.1 Å². The van der Waals surface area contributed by atoms with Crippen molar-refractivity contribution in [1.82, 2.24) is 10.2 Å². The van der Waals surface area contributed by atoms with Crippen LogP contribution >= 0.6 is 11.6 Å². The Morgan fingerprint density at radius 3 is 2.44 bits per heavy atom. The number of nitrogens with zero attached hydrogens (tertiary/aromatic N) is 1. The summed E-state index contributed by atoms with van der Waals surface area (Å²) in [7, 11) is 4.39. The van der Waals surface area contributed by atoms with Gasteiger partial charge in [0.15, 0.2) is 0 Å². The number of carbonyl (C=O) groups is 2. The first-order valence-electron chi connectivity index (χ1n) is 10.0. The Kier molecular flexibility index (Phi) is 9.74. The molecule has 174 valence electrons. The predicted molar refractivity (Wildman–Crippen MR) is 120 cm³/mol. The van der Waals surface area contributed by atoms with Gasteiger partial charge in [0.2, 0.25) is 5.91 Å². The van der Waals surface area contributed by atoms with Crippen molar-refractivity contribution >= 4 is 23.5 Å². The minimum absolute atomic E-state index is 0.0264. The number of benzene rings is 2. The molecule has 0 aliphatic carbocycles. The number of methoxy groups -OCH3 is 2. The minimum atomic E-state index is -0.682. The van der Waals surface area contributed by atoms with Crippen molar-refractivity contribution < 1.29 is 28.2 Å². The first kappa shape index (κ1) is 25.4. The van der Waals surface area contributed by atoms with E-state index in [0.717, 1.165) is 0 Å². The van der Waals surface area contributed by atoms with Crippen molar-refractivity contribution in [2.45, 2.75) is 26.0 Å². The summed E-state index contributed by atoms with van der Waals surface area (Å²) in [4.78, 5) is 25.1. The second-order valence-electron chi connectivity index (χ2n) is 7.12. The highest BCUT2D eigenvalue weighted by Gasteiger charge is 2.22. The molecule has 0 aliphatic rings. The molecule has 0 saturated carbocycles. The van der Waals surface area contributed by atoms with Crippen LogP contribution in [0.25, 0.3) is 0 Å². The molecule has 7 nitrogen and oxygen atoms in total. The number of halogens is 2. The van der Waals surface area contributed by atoms with Crippen molar-refractivity contribution in [2.75, 3.05) is 34.4 Å². The van der Waals surface area contributed by atoms with Crippen molar-refractivity contribution in [3.8, 4) is 11.5 Å². The SMILES string of the molecule is COC(=O)[C@H](C)N(C)C(=O)CNCCc1cc(F)cc(Cl)c1COc1ccc(OC)cc1. The third kappa shape index (κ3) is 7.10. The second kappa shape index (κ2) is 12.3. The molecule has 0 radical (unpaired) electrons. The van der Waals surface area contributed by atoms with Gasteiger partial charge in [-0.15, -0.1) is 0 Å². The van der Waals surface area contributed by atoms with Crippen molar-refractivity contribution in [3.05, 3.63) is 58.4 Å². The summed E-state index contributed by atoms with van der Waals surface area (Å²) in [6, 6.07) is 9.08. The van der Waals surface area contributed by atoms with Crippen molar-refractivity contribution in [3.63, 3.8) is 0 Å². The molecule has 1 amide bonds. The van der Waals surface area contributed by atoms with E-state index in [0.29, 0.717) is 35.6 Å². The number of amides is 1. The van der Waals surface area contributed by atoms with E-state index in [1.165, 1.54) is 31.2 Å². The number of hydrogen-bond donors (Lipinski definition) is 1. The predicted octanol–water partition coefficient (Wildman–Crippen LogP) is 3.22. The molecule has 0 unspecified atom stereocenters. The van der Waals surface area contributed by atoms with E-state index >= 15 is 0 Å². The average molecular weight is 467 g/mol. The molecule has 0 heterocycles. The Hall–Kier alpha value is -2.84. The lowest BCUT2D eigenvalue weighted by Crippen LogP contribution is -2.45. The number of carbonyl (C=O) groups excluding carboxylic acids is 2. The number of esters is 1. The van der Waals surface area contributed by atoms with Gasteiger partial charge in [0.05, 0.1) is 25.8 Å². The maximum absolute atomic E-state index is 13.9. The molecule has 1 atom stereocenters. The molecule has 1 N–H and O–H groups in total. The highest BCUT2D eigenvalue weighted by atomic mass is 35.5. The van der Waals surface area contributed by atoms with Gasteiger partial charge in [-0.3, -0.25) is 4.79 Å². The molecule has 0 fully saturated rings. The van der Waals surface area contributed by atoms with Gasteiger partial charge in [-0.25, -0.2) is 9.18 Å². The maximum Gasteiger partial charge on any atom is 0.328 e. The fraction of sp³-hybridized carbons (Fsp3) is 0.391. The summed E-state index contributed by atoms with van der Waals surface area (Å²) in [6.07, 6.45) is 0.433. The van der Waals surface area contributed by atoms with Gasteiger partial charge in [0.1, 0.15) is 30.0 Å². The molecule has 0 aliphatic heterocycles. The molecule has 2 rings (SSSR count). The van der Waals surface area contributed by atoms with Crippen LogP contribution in [-0.2, 0) is 27.4 Å². The van der Waals surface area contributed by atoms with Crippen LogP contribution in [0.3, 0.4) is 0 Å². The Balaban J connectivity index is 1.94. The third-order valence-electron chi connectivity index (χ3n) is 5.06. The van der Waals surface area contributed by atoms with Crippen LogP contribution in [-0.4, -0.2) is 57.2 Å². The Morgan fingerprint density at radius 1 is 1.16 bits per heavy atom. The van der Waals surface area contributed by atoms with Gasteiger partial charge in [-0.2, -0.15) is 0 Å². The van der Waals surface area contributed by atoms with Gasteiger partial charge >= 0.3 is 5.97 Å². The summed E-state index contributed by atoms with van der Waals surface area (Å²) >= 11 is 6.27. The normalized spacial score (nSPS) is 11.6. The quantitative estimate of drug-likeness (QED) is 0.405.